The maximum absolute atomic E-state index is 10.9. The molecule has 0 radical (unpaired) electrons. The Labute approximate surface area is 120 Å². The molecule has 0 amide bonds. The van der Waals surface area contributed by atoms with Crippen molar-refractivity contribution in [3.05, 3.63) is 0 Å². The van der Waals surface area contributed by atoms with Crippen LogP contribution in [-0.4, -0.2) is 17.4 Å². The number of alkyl halides is 2. The van der Waals surface area contributed by atoms with Gasteiger partial charge >= 0.3 is 5.97 Å². The lowest BCUT2D eigenvalue weighted by Gasteiger charge is -2.04. The lowest BCUT2D eigenvalue weighted by atomic mass is 10.1. The number of carbonyl (C=O) groups excluding carboxylic acids is 1. The minimum absolute atomic E-state index is 0.413. The van der Waals surface area contributed by atoms with Crippen molar-refractivity contribution in [1.82, 2.24) is 0 Å². The molecule has 0 unspecified atom stereocenters. The van der Waals surface area contributed by atoms with Gasteiger partial charge in [-0.05, 0) is 12.8 Å². The lowest BCUT2D eigenvalue weighted by molar-refractivity contribution is -0.141. The Morgan fingerprint density at radius 3 is 2.28 bits per heavy atom. The highest BCUT2D eigenvalue weighted by atomic mass is 35.5. The highest BCUT2D eigenvalue weighted by molar-refractivity contribution is 6.52. The zero-order valence-corrected chi connectivity index (χ0v) is 12.5. The molecule has 0 atom stereocenters. The van der Waals surface area contributed by atoms with Crippen LogP contribution in [0.25, 0.3) is 0 Å². The Bertz CT molecular complexity index is 267. The first-order chi connectivity index (χ1) is 8.68. The summed E-state index contributed by atoms with van der Waals surface area (Å²) in [4.78, 5) is 9.84. The van der Waals surface area contributed by atoms with Crippen LogP contribution in [0.4, 0.5) is 0 Å². The Hall–Kier alpha value is -0.390. The molecule has 4 heteroatoms. The molecule has 0 heterocycles. The predicted octanol–water partition coefficient (Wildman–Crippen LogP) is 4.48. The van der Waals surface area contributed by atoms with E-state index in [1.54, 1.807) is 0 Å². The Morgan fingerprint density at radius 1 is 1.06 bits per heavy atom. The van der Waals surface area contributed by atoms with Crippen LogP contribution in [0.2, 0.25) is 0 Å². The molecule has 0 aromatic rings. The molecular weight excluding hydrogens is 271 g/mol. The van der Waals surface area contributed by atoms with Gasteiger partial charge in [0, 0.05) is 12.8 Å². The van der Waals surface area contributed by atoms with E-state index in [0.29, 0.717) is 6.61 Å². The molecule has 0 N–H and O–H groups in total. The molecular formula is C14H22Cl2O2. The van der Waals surface area contributed by atoms with Crippen molar-refractivity contribution < 1.29 is 9.53 Å². The summed E-state index contributed by atoms with van der Waals surface area (Å²) >= 11 is 10.7. The van der Waals surface area contributed by atoms with Gasteiger partial charge in [0.1, 0.15) is 0 Å². The molecule has 0 saturated carbocycles. The van der Waals surface area contributed by atoms with Gasteiger partial charge in [-0.1, -0.05) is 55.8 Å². The SMILES string of the molecule is CCC#CCCCCCCCCOC(=O)C(Cl)Cl. The minimum Gasteiger partial charge on any atom is -0.464 e. The molecule has 0 rings (SSSR count). The number of hydrogen-bond acceptors (Lipinski definition) is 2. The van der Waals surface area contributed by atoms with Crippen molar-refractivity contribution in [1.29, 1.82) is 0 Å². The van der Waals surface area contributed by atoms with Crippen molar-refractivity contribution in [2.45, 2.75) is 63.1 Å². The van der Waals surface area contributed by atoms with Gasteiger partial charge in [0.05, 0.1) is 6.61 Å². The molecule has 0 spiro atoms. The number of ether oxygens (including phenoxy) is 1. The first-order valence-electron chi connectivity index (χ1n) is 6.59. The van der Waals surface area contributed by atoms with Gasteiger partial charge in [-0.25, -0.2) is 4.79 Å². The van der Waals surface area contributed by atoms with E-state index < -0.39 is 10.8 Å². The van der Waals surface area contributed by atoms with Gasteiger partial charge in [0.25, 0.3) is 0 Å². The predicted molar refractivity (Wildman–Crippen MR) is 76.8 cm³/mol. The van der Waals surface area contributed by atoms with Crippen molar-refractivity contribution in [3.8, 4) is 11.8 Å². The standard InChI is InChI=1S/C14H22Cl2O2/c1-2-3-4-5-6-7-8-9-10-11-12-18-14(17)13(15)16/h13H,2,5-12H2,1H3. The molecule has 0 aliphatic rings. The van der Waals surface area contributed by atoms with E-state index in [2.05, 4.69) is 18.8 Å². The molecule has 0 bridgehead atoms. The van der Waals surface area contributed by atoms with Gasteiger partial charge in [-0.2, -0.15) is 0 Å². The van der Waals surface area contributed by atoms with Crippen LogP contribution in [0, 0.1) is 11.8 Å². The van der Waals surface area contributed by atoms with Crippen LogP contribution in [0.3, 0.4) is 0 Å². The highest BCUT2D eigenvalue weighted by Crippen LogP contribution is 2.08. The fraction of sp³-hybridized carbons (Fsp3) is 0.786. The summed E-state index contributed by atoms with van der Waals surface area (Å²) in [6.45, 7) is 2.48. The van der Waals surface area contributed by atoms with E-state index in [9.17, 15) is 4.79 Å². The molecule has 18 heavy (non-hydrogen) atoms. The fourth-order valence-corrected chi connectivity index (χ4v) is 1.60. The van der Waals surface area contributed by atoms with E-state index in [1.165, 1.54) is 25.7 Å². The van der Waals surface area contributed by atoms with E-state index in [1.807, 2.05) is 0 Å². The van der Waals surface area contributed by atoms with Crippen LogP contribution in [0.5, 0.6) is 0 Å². The van der Waals surface area contributed by atoms with Crippen LogP contribution in [0.15, 0.2) is 0 Å². The first kappa shape index (κ1) is 17.6. The summed E-state index contributed by atoms with van der Waals surface area (Å²) in [6.07, 6.45) is 8.71. The molecule has 0 fully saturated rings. The van der Waals surface area contributed by atoms with Crippen molar-refractivity contribution >= 4 is 29.2 Å². The molecule has 0 aliphatic carbocycles. The van der Waals surface area contributed by atoms with Crippen molar-refractivity contribution in [2.75, 3.05) is 6.61 Å². The quantitative estimate of drug-likeness (QED) is 0.271. The second-order valence-electron chi connectivity index (χ2n) is 4.05. The van der Waals surface area contributed by atoms with Crippen LogP contribution in [-0.2, 0) is 9.53 Å². The van der Waals surface area contributed by atoms with Crippen LogP contribution in [0.1, 0.15) is 58.3 Å². The zero-order valence-electron chi connectivity index (χ0n) is 11.0. The van der Waals surface area contributed by atoms with Gasteiger partial charge in [0.2, 0.25) is 4.84 Å². The van der Waals surface area contributed by atoms with Crippen molar-refractivity contribution in [2.24, 2.45) is 0 Å². The lowest BCUT2D eigenvalue weighted by Crippen LogP contribution is -2.12. The Balaban J connectivity index is 3.14. The zero-order chi connectivity index (χ0) is 13.6. The van der Waals surface area contributed by atoms with Gasteiger partial charge in [0.15, 0.2) is 0 Å². The minimum atomic E-state index is -1.06. The molecule has 0 saturated heterocycles. The van der Waals surface area contributed by atoms with E-state index >= 15 is 0 Å². The average molecular weight is 293 g/mol. The second-order valence-corrected chi connectivity index (χ2v) is 5.14. The average Bonchev–Trinajstić information content (AvgIpc) is 2.35. The highest BCUT2D eigenvalue weighted by Gasteiger charge is 2.11. The third-order valence-corrected chi connectivity index (χ3v) is 2.78. The summed E-state index contributed by atoms with van der Waals surface area (Å²) in [6, 6.07) is 0. The number of esters is 1. The molecule has 104 valence electrons. The maximum atomic E-state index is 10.9. The van der Waals surface area contributed by atoms with Crippen LogP contribution < -0.4 is 0 Å². The smallest absolute Gasteiger partial charge is 0.339 e. The monoisotopic (exact) mass is 292 g/mol. The topological polar surface area (TPSA) is 26.3 Å². The van der Waals surface area contributed by atoms with Gasteiger partial charge in [-0.3, -0.25) is 0 Å². The molecule has 0 aliphatic heterocycles. The summed E-state index contributed by atoms with van der Waals surface area (Å²) in [5.74, 6) is 5.66. The summed E-state index contributed by atoms with van der Waals surface area (Å²) < 4.78 is 4.85. The van der Waals surface area contributed by atoms with Gasteiger partial charge in [-0.15, -0.1) is 11.8 Å². The van der Waals surface area contributed by atoms with E-state index in [4.69, 9.17) is 27.9 Å². The van der Waals surface area contributed by atoms with Crippen LogP contribution >= 0.6 is 23.2 Å². The Kier molecular flexibility index (Phi) is 12.8. The summed E-state index contributed by atoms with van der Waals surface area (Å²) in [7, 11) is 0. The third kappa shape index (κ3) is 12.1. The largest absolute Gasteiger partial charge is 0.464 e. The fourth-order valence-electron chi connectivity index (χ4n) is 1.47. The second kappa shape index (κ2) is 13.1. The number of hydrogen-bond donors (Lipinski definition) is 0. The number of halogens is 2. The summed E-state index contributed by atoms with van der Waals surface area (Å²) in [5, 5.41) is 0. The third-order valence-electron chi connectivity index (χ3n) is 2.42. The van der Waals surface area contributed by atoms with Gasteiger partial charge < -0.3 is 4.74 Å². The first-order valence-corrected chi connectivity index (χ1v) is 7.46. The number of rotatable bonds is 9. The number of carbonyl (C=O) groups is 1. The normalized spacial score (nSPS) is 10.0. The molecule has 0 aromatic heterocycles. The maximum Gasteiger partial charge on any atom is 0.339 e. The molecule has 2 nitrogen and oxygen atoms in total. The van der Waals surface area contributed by atoms with Crippen molar-refractivity contribution in [3.63, 3.8) is 0 Å². The van der Waals surface area contributed by atoms with E-state index in [-0.39, 0.29) is 0 Å². The summed E-state index contributed by atoms with van der Waals surface area (Å²) in [5.41, 5.74) is 0. The number of unbranched alkanes of at least 4 members (excludes halogenated alkanes) is 6. The Morgan fingerprint density at radius 2 is 1.67 bits per heavy atom. The molecule has 0 aromatic carbocycles. The van der Waals surface area contributed by atoms with E-state index in [0.717, 1.165) is 25.7 Å².